The minimum atomic E-state index is 0.200. The van der Waals surface area contributed by atoms with Gasteiger partial charge in [0.25, 0.3) is 0 Å². The van der Waals surface area contributed by atoms with Gasteiger partial charge in [-0.25, -0.2) is 0 Å². The lowest BCUT2D eigenvalue weighted by atomic mass is 9.92. The summed E-state index contributed by atoms with van der Waals surface area (Å²) in [5.74, 6) is 1.79. The molecule has 110 valence electrons. The Kier molecular flexibility index (Phi) is 5.53. The molecule has 3 heteroatoms. The predicted octanol–water partition coefficient (Wildman–Crippen LogP) is 3.66. The molecule has 1 aliphatic carbocycles. The van der Waals surface area contributed by atoms with Gasteiger partial charge in [0.15, 0.2) is 0 Å². The lowest BCUT2D eigenvalue weighted by molar-refractivity contribution is -0.119. The molecule has 0 radical (unpaired) electrons. The van der Waals surface area contributed by atoms with Gasteiger partial charge in [-0.2, -0.15) is 11.8 Å². The molecular weight excluding hydrogens is 266 g/mol. The zero-order valence-electron chi connectivity index (χ0n) is 12.5. The summed E-state index contributed by atoms with van der Waals surface area (Å²) in [7, 11) is 0. The van der Waals surface area contributed by atoms with Crippen molar-refractivity contribution < 1.29 is 4.79 Å². The highest BCUT2D eigenvalue weighted by Gasteiger charge is 2.31. The lowest BCUT2D eigenvalue weighted by Gasteiger charge is -2.17. The Morgan fingerprint density at radius 2 is 2.10 bits per heavy atom. The van der Waals surface area contributed by atoms with E-state index >= 15 is 0 Å². The van der Waals surface area contributed by atoms with E-state index in [1.54, 1.807) is 11.8 Å². The van der Waals surface area contributed by atoms with Gasteiger partial charge in [0.1, 0.15) is 0 Å². The van der Waals surface area contributed by atoms with Crippen molar-refractivity contribution in [3.8, 4) is 0 Å². The third kappa shape index (κ3) is 5.20. The molecule has 1 atom stereocenters. The average Bonchev–Trinajstić information content (AvgIpc) is 2.75. The number of thioether (sulfide) groups is 1. The van der Waals surface area contributed by atoms with Crippen LogP contribution < -0.4 is 5.32 Å². The molecule has 20 heavy (non-hydrogen) atoms. The second kappa shape index (κ2) is 7.16. The molecule has 0 saturated heterocycles. The third-order valence-electron chi connectivity index (χ3n) is 3.94. The van der Waals surface area contributed by atoms with Crippen LogP contribution in [0.15, 0.2) is 30.3 Å². The Morgan fingerprint density at radius 3 is 2.75 bits per heavy atom. The Hall–Kier alpha value is -0.960. The van der Waals surface area contributed by atoms with Crippen molar-refractivity contribution in [1.82, 2.24) is 5.32 Å². The molecule has 1 fully saturated rings. The molecular formula is C17H25NOS. The fraction of sp³-hybridized carbons (Fsp3) is 0.588. The van der Waals surface area contributed by atoms with E-state index < -0.39 is 0 Å². The van der Waals surface area contributed by atoms with E-state index in [0.717, 1.165) is 25.0 Å². The summed E-state index contributed by atoms with van der Waals surface area (Å²) in [6, 6.07) is 10.8. The van der Waals surface area contributed by atoms with E-state index in [9.17, 15) is 4.79 Å². The maximum atomic E-state index is 11.9. The van der Waals surface area contributed by atoms with Crippen molar-refractivity contribution in [3.63, 3.8) is 0 Å². The fourth-order valence-electron chi connectivity index (χ4n) is 2.83. The van der Waals surface area contributed by atoms with Gasteiger partial charge in [-0.1, -0.05) is 44.2 Å². The molecule has 0 spiro atoms. The number of nitrogens with one attached hydrogen (secondary N) is 1. The third-order valence-corrected chi connectivity index (χ3v) is 4.90. The number of carbonyl (C=O) groups excluding carboxylic acids is 1. The molecule has 2 nitrogen and oxygen atoms in total. The SMILES string of the molecule is CC1(C)CCC(NC(=O)CSCCc2ccccc2)C1. The van der Waals surface area contributed by atoms with Gasteiger partial charge in [0, 0.05) is 6.04 Å². The summed E-state index contributed by atoms with van der Waals surface area (Å²) in [5.41, 5.74) is 1.75. The number of aryl methyl sites for hydroxylation is 1. The van der Waals surface area contributed by atoms with E-state index in [4.69, 9.17) is 0 Å². The van der Waals surface area contributed by atoms with Crippen molar-refractivity contribution in [2.45, 2.75) is 45.6 Å². The standard InChI is InChI=1S/C17H25NOS/c1-17(2)10-8-15(12-17)18-16(19)13-20-11-9-14-6-4-3-5-7-14/h3-7,15H,8-13H2,1-2H3,(H,18,19). The lowest BCUT2D eigenvalue weighted by Crippen LogP contribution is -2.34. The normalized spacial score (nSPS) is 20.8. The quantitative estimate of drug-likeness (QED) is 0.811. The highest BCUT2D eigenvalue weighted by Crippen LogP contribution is 2.36. The smallest absolute Gasteiger partial charge is 0.230 e. The fourth-order valence-corrected chi connectivity index (χ4v) is 3.62. The number of carbonyl (C=O) groups is 1. The van der Waals surface area contributed by atoms with Crippen molar-refractivity contribution in [3.05, 3.63) is 35.9 Å². The molecule has 0 bridgehead atoms. The first-order valence-electron chi connectivity index (χ1n) is 7.46. The topological polar surface area (TPSA) is 29.1 Å². The summed E-state index contributed by atoms with van der Waals surface area (Å²) < 4.78 is 0. The van der Waals surface area contributed by atoms with Crippen LogP contribution >= 0.6 is 11.8 Å². The monoisotopic (exact) mass is 291 g/mol. The molecule has 0 heterocycles. The van der Waals surface area contributed by atoms with E-state index in [1.807, 2.05) is 6.07 Å². The summed E-state index contributed by atoms with van der Waals surface area (Å²) in [5, 5.41) is 3.17. The number of rotatable bonds is 6. The van der Waals surface area contributed by atoms with Crippen LogP contribution in [0.2, 0.25) is 0 Å². The predicted molar refractivity (Wildman–Crippen MR) is 87.0 cm³/mol. The van der Waals surface area contributed by atoms with Crippen LogP contribution in [0.4, 0.5) is 0 Å². The van der Waals surface area contributed by atoms with E-state index in [1.165, 1.54) is 12.0 Å². The first-order chi connectivity index (χ1) is 9.55. The zero-order chi connectivity index (χ0) is 14.4. The van der Waals surface area contributed by atoms with Crippen LogP contribution in [0.5, 0.6) is 0 Å². The molecule has 1 aromatic rings. The van der Waals surface area contributed by atoms with Crippen molar-refractivity contribution >= 4 is 17.7 Å². The summed E-state index contributed by atoms with van der Waals surface area (Å²) >= 11 is 1.73. The highest BCUT2D eigenvalue weighted by molar-refractivity contribution is 7.99. The molecule has 1 N–H and O–H groups in total. The minimum Gasteiger partial charge on any atom is -0.353 e. The first-order valence-corrected chi connectivity index (χ1v) is 8.62. The summed E-state index contributed by atoms with van der Waals surface area (Å²) in [6.45, 7) is 4.57. The van der Waals surface area contributed by atoms with E-state index in [0.29, 0.717) is 17.2 Å². The van der Waals surface area contributed by atoms with Gasteiger partial charge in [-0.15, -0.1) is 0 Å². The van der Waals surface area contributed by atoms with Gasteiger partial charge in [0.05, 0.1) is 5.75 Å². The first kappa shape index (κ1) is 15.4. The van der Waals surface area contributed by atoms with Crippen molar-refractivity contribution in [1.29, 1.82) is 0 Å². The maximum absolute atomic E-state index is 11.9. The molecule has 1 saturated carbocycles. The van der Waals surface area contributed by atoms with Gasteiger partial charge in [0.2, 0.25) is 5.91 Å². The second-order valence-electron chi connectivity index (χ2n) is 6.46. The Labute approximate surface area is 126 Å². The van der Waals surface area contributed by atoms with Gasteiger partial charge < -0.3 is 5.32 Å². The number of benzene rings is 1. The van der Waals surface area contributed by atoms with Crippen LogP contribution in [-0.4, -0.2) is 23.5 Å². The molecule has 1 aromatic carbocycles. The Morgan fingerprint density at radius 1 is 1.35 bits per heavy atom. The van der Waals surface area contributed by atoms with Crippen LogP contribution in [0, 0.1) is 5.41 Å². The molecule has 0 aromatic heterocycles. The average molecular weight is 291 g/mol. The molecule has 1 aliphatic rings. The maximum Gasteiger partial charge on any atom is 0.230 e. The van der Waals surface area contributed by atoms with Crippen molar-refractivity contribution in [2.24, 2.45) is 5.41 Å². The Bertz CT molecular complexity index is 430. The molecule has 0 aliphatic heterocycles. The van der Waals surface area contributed by atoms with Crippen LogP contribution in [-0.2, 0) is 11.2 Å². The number of hydrogen-bond donors (Lipinski definition) is 1. The van der Waals surface area contributed by atoms with Gasteiger partial charge in [-0.05, 0) is 42.4 Å². The number of hydrogen-bond acceptors (Lipinski definition) is 2. The largest absolute Gasteiger partial charge is 0.353 e. The molecule has 1 amide bonds. The van der Waals surface area contributed by atoms with Gasteiger partial charge in [-0.3, -0.25) is 4.79 Å². The Balaban J connectivity index is 1.59. The van der Waals surface area contributed by atoms with Crippen LogP contribution in [0.3, 0.4) is 0 Å². The van der Waals surface area contributed by atoms with Crippen LogP contribution in [0.1, 0.15) is 38.7 Å². The van der Waals surface area contributed by atoms with Crippen LogP contribution in [0.25, 0.3) is 0 Å². The molecule has 2 rings (SSSR count). The minimum absolute atomic E-state index is 0.200. The number of amides is 1. The summed E-state index contributed by atoms with van der Waals surface area (Å²) in [6.07, 6.45) is 4.51. The second-order valence-corrected chi connectivity index (χ2v) is 7.56. The zero-order valence-corrected chi connectivity index (χ0v) is 13.3. The molecule has 1 unspecified atom stereocenters. The van der Waals surface area contributed by atoms with E-state index in [-0.39, 0.29) is 5.91 Å². The highest BCUT2D eigenvalue weighted by atomic mass is 32.2. The summed E-state index contributed by atoms with van der Waals surface area (Å²) in [4.78, 5) is 11.9. The van der Waals surface area contributed by atoms with Crippen molar-refractivity contribution in [2.75, 3.05) is 11.5 Å². The van der Waals surface area contributed by atoms with E-state index in [2.05, 4.69) is 43.4 Å². The van der Waals surface area contributed by atoms with Gasteiger partial charge >= 0.3 is 0 Å².